The average Bonchev–Trinajstić information content (AvgIpc) is 2.62. The van der Waals surface area contributed by atoms with Gasteiger partial charge in [0.05, 0.1) is 12.8 Å². The second-order valence-electron chi connectivity index (χ2n) is 5.29. The molecule has 0 fully saturated rings. The van der Waals surface area contributed by atoms with Gasteiger partial charge in [0, 0.05) is 37.5 Å². The normalized spacial score (nSPS) is 10.4. The molecule has 1 heterocycles. The topological polar surface area (TPSA) is 85.4 Å². The van der Waals surface area contributed by atoms with Crippen LogP contribution in [0.25, 0.3) is 0 Å². The highest BCUT2D eigenvalue weighted by molar-refractivity contribution is 6.31. The number of carbonyl (C=O) groups excluding carboxylic acids is 1. The predicted molar refractivity (Wildman–Crippen MR) is 97.7 cm³/mol. The van der Waals surface area contributed by atoms with Gasteiger partial charge in [0.15, 0.2) is 0 Å². The smallest absolute Gasteiger partial charge is 0.274 e. The number of hydrogen-bond donors (Lipinski definition) is 2. The van der Waals surface area contributed by atoms with Crippen molar-refractivity contribution in [2.45, 2.75) is 13.3 Å². The van der Waals surface area contributed by atoms with Crippen LogP contribution in [0.15, 0.2) is 24.4 Å². The minimum atomic E-state index is -0.359. The van der Waals surface area contributed by atoms with Crippen molar-refractivity contribution in [2.24, 2.45) is 0 Å². The molecule has 7 nitrogen and oxygen atoms in total. The number of aryl methyl sites for hydroxylation is 1. The van der Waals surface area contributed by atoms with Crippen LogP contribution in [-0.4, -0.2) is 43.2 Å². The van der Waals surface area contributed by atoms with E-state index in [-0.39, 0.29) is 11.6 Å². The first-order chi connectivity index (χ1) is 12.0. The molecule has 0 unspecified atom stereocenters. The molecule has 0 aliphatic heterocycles. The lowest BCUT2D eigenvalue weighted by Gasteiger charge is -2.12. The largest absolute Gasteiger partial charge is 0.495 e. The third-order valence-electron chi connectivity index (χ3n) is 3.43. The molecule has 25 heavy (non-hydrogen) atoms. The minimum absolute atomic E-state index is 0.249. The van der Waals surface area contributed by atoms with Gasteiger partial charge in [0.25, 0.3) is 5.91 Å². The molecule has 134 valence electrons. The number of halogens is 1. The molecule has 2 rings (SSSR count). The fourth-order valence-electron chi connectivity index (χ4n) is 2.10. The summed E-state index contributed by atoms with van der Waals surface area (Å²) in [4.78, 5) is 20.8. The van der Waals surface area contributed by atoms with E-state index >= 15 is 0 Å². The number of rotatable bonds is 8. The Kier molecular flexibility index (Phi) is 6.97. The number of amides is 1. The van der Waals surface area contributed by atoms with Gasteiger partial charge in [-0.1, -0.05) is 11.6 Å². The number of hydrogen-bond acceptors (Lipinski definition) is 6. The second-order valence-corrected chi connectivity index (χ2v) is 5.70. The number of carbonyl (C=O) groups is 1. The molecular formula is C17H21ClN4O3. The molecule has 0 atom stereocenters. The van der Waals surface area contributed by atoms with Crippen molar-refractivity contribution in [3.8, 4) is 5.75 Å². The maximum Gasteiger partial charge on any atom is 0.274 e. The second kappa shape index (κ2) is 9.19. The summed E-state index contributed by atoms with van der Waals surface area (Å²) in [7, 11) is 3.16. The summed E-state index contributed by atoms with van der Waals surface area (Å²) in [6.45, 7) is 3.15. The third-order valence-corrected chi connectivity index (χ3v) is 3.83. The van der Waals surface area contributed by atoms with E-state index in [2.05, 4.69) is 20.6 Å². The zero-order valence-corrected chi connectivity index (χ0v) is 15.2. The Morgan fingerprint density at radius 2 is 2.12 bits per heavy atom. The van der Waals surface area contributed by atoms with Crippen LogP contribution in [0.5, 0.6) is 5.75 Å². The highest BCUT2D eigenvalue weighted by Crippen LogP contribution is 2.31. The first-order valence-electron chi connectivity index (χ1n) is 7.76. The lowest BCUT2D eigenvalue weighted by molar-refractivity contribution is 0.102. The number of anilines is 2. The van der Waals surface area contributed by atoms with Crippen LogP contribution in [0.1, 0.15) is 22.5 Å². The molecule has 2 aromatic rings. The molecule has 2 N–H and O–H groups in total. The maximum absolute atomic E-state index is 12.5. The summed E-state index contributed by atoms with van der Waals surface area (Å²) < 4.78 is 10.2. The van der Waals surface area contributed by atoms with Crippen molar-refractivity contribution in [3.63, 3.8) is 0 Å². The Hall–Kier alpha value is -2.38. The lowest BCUT2D eigenvalue weighted by atomic mass is 10.2. The van der Waals surface area contributed by atoms with Crippen molar-refractivity contribution < 1.29 is 14.3 Å². The molecule has 8 heteroatoms. The summed E-state index contributed by atoms with van der Waals surface area (Å²) in [6.07, 6.45) is 2.35. The summed E-state index contributed by atoms with van der Waals surface area (Å²) in [5.74, 6) is 0.515. The molecule has 0 saturated heterocycles. The van der Waals surface area contributed by atoms with Gasteiger partial charge in [-0.25, -0.2) is 9.97 Å². The van der Waals surface area contributed by atoms with E-state index in [9.17, 15) is 4.79 Å². The molecule has 0 aliphatic carbocycles. The molecule has 0 aliphatic rings. The zero-order chi connectivity index (χ0) is 18.2. The fourth-order valence-corrected chi connectivity index (χ4v) is 2.26. The number of ether oxygens (including phenoxy) is 2. The van der Waals surface area contributed by atoms with Crippen molar-refractivity contribution in [1.29, 1.82) is 0 Å². The van der Waals surface area contributed by atoms with Crippen molar-refractivity contribution in [3.05, 3.63) is 40.7 Å². The fraction of sp³-hybridized carbons (Fsp3) is 0.353. The average molecular weight is 365 g/mol. The van der Waals surface area contributed by atoms with Crippen LogP contribution in [0, 0.1) is 6.92 Å². The lowest BCUT2D eigenvalue weighted by Crippen LogP contribution is -2.16. The first kappa shape index (κ1) is 19.0. The maximum atomic E-state index is 12.5. The van der Waals surface area contributed by atoms with Gasteiger partial charge in [-0.15, -0.1) is 0 Å². The van der Waals surface area contributed by atoms with E-state index in [0.29, 0.717) is 35.6 Å². The first-order valence-corrected chi connectivity index (χ1v) is 8.14. The van der Waals surface area contributed by atoms with Crippen LogP contribution < -0.4 is 15.4 Å². The standard InChI is InChI=1S/C17H21ClN4O3/c1-11-9-14(15(25-3)10-12(11)18)21-16(23)13-5-7-20-17(22-13)19-6-4-8-24-2/h5,7,9-10H,4,6,8H2,1-3H3,(H,21,23)(H,19,20,22). The van der Waals surface area contributed by atoms with Crippen molar-refractivity contribution in [2.75, 3.05) is 38.0 Å². The molecule has 0 bridgehead atoms. The highest BCUT2D eigenvalue weighted by Gasteiger charge is 2.13. The summed E-state index contributed by atoms with van der Waals surface area (Å²) in [6, 6.07) is 4.96. The van der Waals surface area contributed by atoms with E-state index < -0.39 is 0 Å². The molecule has 0 radical (unpaired) electrons. The van der Waals surface area contributed by atoms with Gasteiger partial charge in [0.2, 0.25) is 5.95 Å². The summed E-state index contributed by atoms with van der Waals surface area (Å²) >= 11 is 6.08. The van der Waals surface area contributed by atoms with E-state index in [4.69, 9.17) is 21.1 Å². The number of nitrogens with one attached hydrogen (secondary N) is 2. The summed E-state index contributed by atoms with van der Waals surface area (Å²) in [5.41, 5.74) is 1.61. The van der Waals surface area contributed by atoms with Crippen LogP contribution >= 0.6 is 11.6 Å². The van der Waals surface area contributed by atoms with Gasteiger partial charge >= 0.3 is 0 Å². The molecular weight excluding hydrogens is 344 g/mol. The van der Waals surface area contributed by atoms with Gasteiger partial charge in [-0.2, -0.15) is 0 Å². The van der Waals surface area contributed by atoms with Crippen LogP contribution in [0.2, 0.25) is 5.02 Å². The Morgan fingerprint density at radius 1 is 1.32 bits per heavy atom. The van der Waals surface area contributed by atoms with E-state index in [1.165, 1.54) is 13.3 Å². The number of aromatic nitrogens is 2. The summed E-state index contributed by atoms with van der Waals surface area (Å²) in [5, 5.41) is 6.41. The minimum Gasteiger partial charge on any atom is -0.495 e. The number of methoxy groups -OCH3 is 2. The Bertz CT molecular complexity index is 740. The Balaban J connectivity index is 2.09. The van der Waals surface area contributed by atoms with Gasteiger partial charge < -0.3 is 20.1 Å². The number of benzene rings is 1. The third kappa shape index (κ3) is 5.30. The van der Waals surface area contributed by atoms with Gasteiger partial charge in [-0.3, -0.25) is 4.79 Å². The predicted octanol–water partition coefficient (Wildman–Crippen LogP) is 3.15. The molecule has 1 aromatic heterocycles. The van der Waals surface area contributed by atoms with Crippen LogP contribution in [0.4, 0.5) is 11.6 Å². The van der Waals surface area contributed by atoms with Crippen LogP contribution in [0.3, 0.4) is 0 Å². The quantitative estimate of drug-likeness (QED) is 0.700. The number of nitrogens with zero attached hydrogens (tertiary/aromatic N) is 2. The molecule has 1 amide bonds. The molecule has 0 spiro atoms. The van der Waals surface area contributed by atoms with E-state index in [0.717, 1.165) is 12.0 Å². The molecule has 0 saturated carbocycles. The van der Waals surface area contributed by atoms with E-state index in [1.54, 1.807) is 25.3 Å². The van der Waals surface area contributed by atoms with E-state index in [1.807, 2.05) is 6.92 Å². The highest BCUT2D eigenvalue weighted by atomic mass is 35.5. The Morgan fingerprint density at radius 3 is 2.84 bits per heavy atom. The van der Waals surface area contributed by atoms with Crippen molar-refractivity contribution >= 4 is 29.1 Å². The van der Waals surface area contributed by atoms with Gasteiger partial charge in [0.1, 0.15) is 11.4 Å². The van der Waals surface area contributed by atoms with Crippen LogP contribution in [-0.2, 0) is 4.74 Å². The van der Waals surface area contributed by atoms with Crippen molar-refractivity contribution in [1.82, 2.24) is 9.97 Å². The molecule has 1 aromatic carbocycles. The van der Waals surface area contributed by atoms with Gasteiger partial charge in [-0.05, 0) is 31.0 Å². The monoisotopic (exact) mass is 364 g/mol. The Labute approximate surface area is 151 Å². The zero-order valence-electron chi connectivity index (χ0n) is 14.4. The SMILES string of the molecule is COCCCNc1nccc(C(=O)Nc2cc(C)c(Cl)cc2OC)n1.